The maximum absolute atomic E-state index is 13.2. The Kier molecular flexibility index (Phi) is 3.50. The molecule has 3 fully saturated rings. The summed E-state index contributed by atoms with van der Waals surface area (Å²) in [6, 6.07) is 3.07. The lowest BCUT2D eigenvalue weighted by molar-refractivity contribution is -0.220. The molecule has 3 aliphatic carbocycles. The van der Waals surface area contributed by atoms with Crippen LogP contribution >= 0.6 is 0 Å². The Balaban J connectivity index is 1.62. The molecule has 5 nitrogen and oxygen atoms in total. The summed E-state index contributed by atoms with van der Waals surface area (Å²) >= 11 is 0. The highest BCUT2D eigenvalue weighted by Gasteiger charge is 2.75. The Morgan fingerprint density at radius 2 is 1.91 bits per heavy atom. The maximum atomic E-state index is 13.2. The molecular formula is C15H14F3NO4. The van der Waals surface area contributed by atoms with E-state index in [0.717, 1.165) is 18.2 Å². The van der Waals surface area contributed by atoms with Gasteiger partial charge in [0, 0.05) is 12.1 Å². The van der Waals surface area contributed by atoms with Crippen LogP contribution in [0.25, 0.3) is 0 Å². The van der Waals surface area contributed by atoms with Gasteiger partial charge in [-0.3, -0.25) is 9.59 Å². The molecule has 0 saturated heterocycles. The minimum atomic E-state index is -3.05. The molecule has 3 saturated carbocycles. The van der Waals surface area contributed by atoms with Crippen LogP contribution in [0.1, 0.15) is 24.8 Å². The average molecular weight is 329 g/mol. The average Bonchev–Trinajstić information content (AvgIpc) is 2.34. The van der Waals surface area contributed by atoms with Gasteiger partial charge in [-0.1, -0.05) is 0 Å². The fourth-order valence-corrected chi connectivity index (χ4v) is 3.52. The molecule has 0 unspecified atom stereocenters. The summed E-state index contributed by atoms with van der Waals surface area (Å²) in [6.07, 6.45) is 0.847. The zero-order valence-electron chi connectivity index (χ0n) is 11.9. The van der Waals surface area contributed by atoms with Crippen molar-refractivity contribution in [2.45, 2.75) is 32.4 Å². The van der Waals surface area contributed by atoms with Crippen LogP contribution in [-0.4, -0.2) is 23.6 Å². The van der Waals surface area contributed by atoms with Gasteiger partial charge in [0.2, 0.25) is 5.91 Å². The van der Waals surface area contributed by atoms with Crippen LogP contribution in [0.2, 0.25) is 0 Å². The number of amides is 1. The highest BCUT2D eigenvalue weighted by atomic mass is 19.3. The topological polar surface area (TPSA) is 75.6 Å². The summed E-state index contributed by atoms with van der Waals surface area (Å²) in [5.41, 5.74) is -1.37. The number of nitrogens with one attached hydrogen (secondary N) is 1. The second-order valence-electron chi connectivity index (χ2n) is 6.21. The van der Waals surface area contributed by atoms with Crippen LogP contribution in [0.15, 0.2) is 18.2 Å². The van der Waals surface area contributed by atoms with E-state index >= 15 is 0 Å². The molecule has 124 valence electrons. The number of carboxylic acid groups (broad SMARTS) is 1. The van der Waals surface area contributed by atoms with E-state index in [1.165, 1.54) is 0 Å². The van der Waals surface area contributed by atoms with Crippen LogP contribution in [0.3, 0.4) is 0 Å². The molecule has 23 heavy (non-hydrogen) atoms. The number of hydrogen-bond acceptors (Lipinski definition) is 3. The first-order valence-corrected chi connectivity index (χ1v) is 7.01. The second-order valence-corrected chi connectivity index (χ2v) is 6.21. The molecule has 3 aliphatic rings. The molecule has 1 aromatic rings. The first-order chi connectivity index (χ1) is 10.8. The third-order valence-corrected chi connectivity index (χ3v) is 4.64. The van der Waals surface area contributed by atoms with Crippen molar-refractivity contribution in [3.05, 3.63) is 29.6 Å². The van der Waals surface area contributed by atoms with Gasteiger partial charge in [0.1, 0.15) is 11.6 Å². The maximum Gasteiger partial charge on any atom is 0.387 e. The molecule has 1 amide bonds. The van der Waals surface area contributed by atoms with Crippen LogP contribution in [0, 0.1) is 16.6 Å². The SMILES string of the molecule is O=C(O)C12CC(C(=O)NCc3cc(F)ccc3OC(F)F)(C1)C2. The first-order valence-electron chi connectivity index (χ1n) is 7.01. The van der Waals surface area contributed by atoms with Gasteiger partial charge in [-0.25, -0.2) is 4.39 Å². The Morgan fingerprint density at radius 1 is 1.26 bits per heavy atom. The van der Waals surface area contributed by atoms with Crippen LogP contribution in [0.5, 0.6) is 5.75 Å². The van der Waals surface area contributed by atoms with E-state index in [2.05, 4.69) is 10.1 Å². The fourth-order valence-electron chi connectivity index (χ4n) is 3.52. The number of carbonyl (C=O) groups excluding carboxylic acids is 1. The number of carbonyl (C=O) groups is 2. The van der Waals surface area contributed by atoms with Crippen molar-refractivity contribution >= 4 is 11.9 Å². The van der Waals surface area contributed by atoms with E-state index in [-0.39, 0.29) is 43.0 Å². The van der Waals surface area contributed by atoms with Gasteiger partial charge in [-0.2, -0.15) is 8.78 Å². The van der Waals surface area contributed by atoms with E-state index in [1.807, 2.05) is 0 Å². The highest BCUT2D eigenvalue weighted by molar-refractivity contribution is 5.93. The lowest BCUT2D eigenvalue weighted by Gasteiger charge is -2.66. The van der Waals surface area contributed by atoms with Crippen molar-refractivity contribution < 1.29 is 32.6 Å². The molecule has 8 heteroatoms. The number of hydrogen-bond donors (Lipinski definition) is 2. The second kappa shape index (κ2) is 5.14. The molecule has 0 heterocycles. The monoisotopic (exact) mass is 329 g/mol. The van der Waals surface area contributed by atoms with Gasteiger partial charge in [-0.15, -0.1) is 0 Å². The van der Waals surface area contributed by atoms with Crippen LogP contribution < -0.4 is 10.1 Å². The Hall–Kier alpha value is -2.25. The molecular weight excluding hydrogens is 315 g/mol. The lowest BCUT2D eigenvalue weighted by Crippen LogP contribution is -2.70. The summed E-state index contributed by atoms with van der Waals surface area (Å²) in [5.74, 6) is -2.08. The predicted octanol–water partition coefficient (Wildman–Crippen LogP) is 2.30. The van der Waals surface area contributed by atoms with Crippen molar-refractivity contribution in [2.24, 2.45) is 10.8 Å². The van der Waals surface area contributed by atoms with E-state index in [4.69, 9.17) is 5.11 Å². The largest absolute Gasteiger partial charge is 0.481 e. The zero-order valence-corrected chi connectivity index (χ0v) is 11.9. The number of ether oxygens (including phenoxy) is 1. The number of aliphatic carboxylic acids is 1. The van der Waals surface area contributed by atoms with E-state index in [1.54, 1.807) is 0 Å². The Labute approximate surface area is 129 Å². The summed E-state index contributed by atoms with van der Waals surface area (Å²) in [5, 5.41) is 11.6. The Bertz CT molecular complexity index is 657. The van der Waals surface area contributed by atoms with Crippen LogP contribution in [0.4, 0.5) is 13.2 Å². The van der Waals surface area contributed by atoms with Crippen molar-refractivity contribution in [2.75, 3.05) is 0 Å². The quantitative estimate of drug-likeness (QED) is 0.840. The van der Waals surface area contributed by atoms with Gasteiger partial charge in [0.25, 0.3) is 0 Å². The highest BCUT2D eigenvalue weighted by Crippen LogP contribution is 2.73. The smallest absolute Gasteiger partial charge is 0.387 e. The predicted molar refractivity (Wildman–Crippen MR) is 71.2 cm³/mol. The summed E-state index contributed by atoms with van der Waals surface area (Å²) in [7, 11) is 0. The molecule has 2 N–H and O–H groups in total. The van der Waals surface area contributed by atoms with Crippen molar-refractivity contribution in [1.82, 2.24) is 5.32 Å². The van der Waals surface area contributed by atoms with Crippen molar-refractivity contribution in [3.63, 3.8) is 0 Å². The standard InChI is InChI=1S/C15H14F3NO4/c16-9-1-2-10(23-13(17)18)8(3-9)4-19-11(20)14-5-15(6-14,7-14)12(21)22/h1-3,13H,4-7H2,(H,19,20)(H,21,22). The van der Waals surface area contributed by atoms with Crippen LogP contribution in [-0.2, 0) is 16.1 Å². The molecule has 0 aliphatic heterocycles. The molecule has 1 aromatic carbocycles. The fraction of sp³-hybridized carbons (Fsp3) is 0.467. The normalized spacial score (nSPS) is 27.8. The summed E-state index contributed by atoms with van der Waals surface area (Å²) < 4.78 is 42.2. The molecule has 0 aromatic heterocycles. The number of carboxylic acids is 1. The third-order valence-electron chi connectivity index (χ3n) is 4.64. The van der Waals surface area contributed by atoms with Crippen molar-refractivity contribution in [1.29, 1.82) is 0 Å². The summed E-state index contributed by atoms with van der Waals surface area (Å²) in [6.45, 7) is -3.22. The minimum absolute atomic E-state index is 0.0956. The number of halogens is 3. The van der Waals surface area contributed by atoms with E-state index in [9.17, 15) is 22.8 Å². The minimum Gasteiger partial charge on any atom is -0.481 e. The Morgan fingerprint density at radius 3 is 2.48 bits per heavy atom. The van der Waals surface area contributed by atoms with Gasteiger partial charge >= 0.3 is 12.6 Å². The molecule has 0 spiro atoms. The number of rotatable bonds is 6. The third kappa shape index (κ3) is 2.51. The first kappa shape index (κ1) is 15.6. The molecule has 0 radical (unpaired) electrons. The molecule has 0 atom stereocenters. The van der Waals surface area contributed by atoms with Gasteiger partial charge < -0.3 is 15.2 Å². The van der Waals surface area contributed by atoms with Gasteiger partial charge in [-0.05, 0) is 37.5 Å². The zero-order chi connectivity index (χ0) is 16.8. The van der Waals surface area contributed by atoms with E-state index in [0.29, 0.717) is 0 Å². The molecule has 2 bridgehead atoms. The number of alkyl halides is 2. The summed E-state index contributed by atoms with van der Waals surface area (Å²) in [4.78, 5) is 23.2. The van der Waals surface area contributed by atoms with Gasteiger partial charge in [0.05, 0.1) is 10.8 Å². The number of benzene rings is 1. The van der Waals surface area contributed by atoms with E-state index < -0.39 is 29.2 Å². The molecule has 4 rings (SSSR count). The van der Waals surface area contributed by atoms with Crippen molar-refractivity contribution in [3.8, 4) is 5.75 Å². The lowest BCUT2D eigenvalue weighted by atomic mass is 9.35. The van der Waals surface area contributed by atoms with Gasteiger partial charge in [0.15, 0.2) is 0 Å².